The molecule has 104 valence electrons. The van der Waals surface area contributed by atoms with E-state index in [0.29, 0.717) is 5.92 Å². The van der Waals surface area contributed by atoms with Crippen LogP contribution in [0.15, 0.2) is 60.7 Å². The van der Waals surface area contributed by atoms with Crippen molar-refractivity contribution >= 4 is 0 Å². The normalized spacial score (nSPS) is 22.9. The highest BCUT2D eigenvalue weighted by Crippen LogP contribution is 2.41. The topological polar surface area (TPSA) is 0 Å². The molecule has 0 heteroatoms. The fourth-order valence-electron chi connectivity index (χ4n) is 3.68. The summed E-state index contributed by atoms with van der Waals surface area (Å²) in [6.45, 7) is 2.40. The molecule has 0 spiro atoms. The molecule has 0 nitrogen and oxygen atoms in total. The molecular formula is C20H24. The zero-order chi connectivity index (χ0) is 13.8. The Hall–Kier alpha value is -1.56. The van der Waals surface area contributed by atoms with E-state index in [1.165, 1.54) is 36.8 Å². The Morgan fingerprint density at radius 1 is 0.700 bits per heavy atom. The maximum absolute atomic E-state index is 2.40. The van der Waals surface area contributed by atoms with E-state index in [1.807, 2.05) is 0 Å². The van der Waals surface area contributed by atoms with E-state index in [-0.39, 0.29) is 0 Å². The third-order valence-electron chi connectivity index (χ3n) is 4.85. The van der Waals surface area contributed by atoms with Crippen LogP contribution in [0.25, 0.3) is 0 Å². The van der Waals surface area contributed by atoms with Gasteiger partial charge in [0.15, 0.2) is 0 Å². The number of hydrogen-bond donors (Lipinski definition) is 0. The van der Waals surface area contributed by atoms with Gasteiger partial charge < -0.3 is 0 Å². The molecule has 0 atom stereocenters. The number of rotatable bonds is 3. The van der Waals surface area contributed by atoms with E-state index in [1.54, 1.807) is 0 Å². The number of benzene rings is 2. The van der Waals surface area contributed by atoms with Crippen LogP contribution in [0.2, 0.25) is 0 Å². The summed E-state index contributed by atoms with van der Waals surface area (Å²) in [7, 11) is 0. The first-order valence-electron chi connectivity index (χ1n) is 7.94. The van der Waals surface area contributed by atoms with Crippen LogP contribution >= 0.6 is 0 Å². The van der Waals surface area contributed by atoms with Crippen LogP contribution in [-0.2, 0) is 0 Å². The van der Waals surface area contributed by atoms with Crippen LogP contribution in [0.5, 0.6) is 0 Å². The van der Waals surface area contributed by atoms with Crippen LogP contribution in [0.1, 0.15) is 49.7 Å². The molecule has 20 heavy (non-hydrogen) atoms. The van der Waals surface area contributed by atoms with Gasteiger partial charge in [-0.05, 0) is 35.8 Å². The fourth-order valence-corrected chi connectivity index (χ4v) is 3.68. The molecule has 2 aromatic rings. The van der Waals surface area contributed by atoms with Gasteiger partial charge in [0.1, 0.15) is 0 Å². The molecule has 0 N–H and O–H groups in total. The van der Waals surface area contributed by atoms with E-state index in [9.17, 15) is 0 Å². The van der Waals surface area contributed by atoms with Crippen molar-refractivity contribution in [2.75, 3.05) is 0 Å². The van der Waals surface area contributed by atoms with Gasteiger partial charge in [0.05, 0.1) is 0 Å². The summed E-state index contributed by atoms with van der Waals surface area (Å²) in [5.41, 5.74) is 2.97. The fraction of sp³-hybridized carbons (Fsp3) is 0.400. The van der Waals surface area contributed by atoms with Gasteiger partial charge in [-0.25, -0.2) is 0 Å². The lowest BCUT2D eigenvalue weighted by Crippen LogP contribution is -2.20. The van der Waals surface area contributed by atoms with Crippen molar-refractivity contribution in [1.82, 2.24) is 0 Å². The highest BCUT2D eigenvalue weighted by molar-refractivity contribution is 5.33. The SMILES string of the molecule is CC1CCC(C(c2ccccc2)c2ccccc2)CC1. The molecule has 1 aliphatic rings. The summed E-state index contributed by atoms with van der Waals surface area (Å²) >= 11 is 0. The molecule has 1 saturated carbocycles. The average molecular weight is 264 g/mol. The van der Waals surface area contributed by atoms with Crippen molar-refractivity contribution in [2.24, 2.45) is 11.8 Å². The van der Waals surface area contributed by atoms with E-state index in [0.717, 1.165) is 11.8 Å². The molecule has 0 saturated heterocycles. The van der Waals surface area contributed by atoms with Crippen LogP contribution in [0.3, 0.4) is 0 Å². The third kappa shape index (κ3) is 2.95. The Bertz CT molecular complexity index is 467. The Morgan fingerprint density at radius 3 is 1.60 bits per heavy atom. The molecule has 0 aliphatic heterocycles. The summed E-state index contributed by atoms with van der Waals surface area (Å²) < 4.78 is 0. The van der Waals surface area contributed by atoms with Gasteiger partial charge in [0.25, 0.3) is 0 Å². The molecule has 0 unspecified atom stereocenters. The van der Waals surface area contributed by atoms with Crippen molar-refractivity contribution in [3.8, 4) is 0 Å². The zero-order valence-corrected chi connectivity index (χ0v) is 12.3. The molecule has 3 rings (SSSR count). The Kier molecular flexibility index (Phi) is 4.20. The largest absolute Gasteiger partial charge is 0.0625 e. The van der Waals surface area contributed by atoms with Crippen LogP contribution in [0.4, 0.5) is 0 Å². The van der Waals surface area contributed by atoms with Crippen LogP contribution in [-0.4, -0.2) is 0 Å². The van der Waals surface area contributed by atoms with Crippen molar-refractivity contribution in [1.29, 1.82) is 0 Å². The van der Waals surface area contributed by atoms with Gasteiger partial charge in [-0.1, -0.05) is 80.4 Å². The smallest absolute Gasteiger partial charge is 0.0118 e. The Balaban J connectivity index is 1.92. The maximum atomic E-state index is 2.40. The molecular weight excluding hydrogens is 240 g/mol. The molecule has 0 bridgehead atoms. The lowest BCUT2D eigenvalue weighted by atomic mass is 9.71. The second-order valence-corrected chi connectivity index (χ2v) is 6.32. The average Bonchev–Trinajstić information content (AvgIpc) is 2.52. The van der Waals surface area contributed by atoms with Gasteiger partial charge in [-0.2, -0.15) is 0 Å². The summed E-state index contributed by atoms with van der Waals surface area (Å²) in [6.07, 6.45) is 5.52. The second-order valence-electron chi connectivity index (χ2n) is 6.32. The quantitative estimate of drug-likeness (QED) is 0.672. The standard InChI is InChI=1S/C20H24/c1-16-12-14-19(15-13-16)20(17-8-4-2-5-9-17)18-10-6-3-7-11-18/h2-11,16,19-20H,12-15H2,1H3. The van der Waals surface area contributed by atoms with E-state index in [4.69, 9.17) is 0 Å². The lowest BCUT2D eigenvalue weighted by Gasteiger charge is -2.33. The van der Waals surface area contributed by atoms with Gasteiger partial charge >= 0.3 is 0 Å². The molecule has 2 aromatic carbocycles. The first-order valence-corrected chi connectivity index (χ1v) is 7.94. The van der Waals surface area contributed by atoms with Crippen LogP contribution < -0.4 is 0 Å². The summed E-state index contributed by atoms with van der Waals surface area (Å²) in [6, 6.07) is 22.2. The highest BCUT2D eigenvalue weighted by Gasteiger charge is 2.28. The molecule has 0 heterocycles. The van der Waals surface area contributed by atoms with Crippen molar-refractivity contribution < 1.29 is 0 Å². The number of hydrogen-bond acceptors (Lipinski definition) is 0. The highest BCUT2D eigenvalue weighted by atomic mass is 14.3. The van der Waals surface area contributed by atoms with Gasteiger partial charge in [0.2, 0.25) is 0 Å². The maximum Gasteiger partial charge on any atom is 0.0118 e. The molecule has 0 radical (unpaired) electrons. The predicted octanol–water partition coefficient (Wildman–Crippen LogP) is 5.64. The molecule has 0 amide bonds. The Labute approximate surface area is 122 Å². The van der Waals surface area contributed by atoms with E-state index >= 15 is 0 Å². The van der Waals surface area contributed by atoms with E-state index < -0.39 is 0 Å². The first kappa shape index (κ1) is 13.4. The Morgan fingerprint density at radius 2 is 1.15 bits per heavy atom. The summed E-state index contributed by atoms with van der Waals surface area (Å²) in [4.78, 5) is 0. The lowest BCUT2D eigenvalue weighted by molar-refractivity contribution is 0.269. The van der Waals surface area contributed by atoms with Crippen molar-refractivity contribution in [2.45, 2.75) is 38.5 Å². The third-order valence-corrected chi connectivity index (χ3v) is 4.85. The molecule has 1 aliphatic carbocycles. The summed E-state index contributed by atoms with van der Waals surface area (Å²) in [5.74, 6) is 2.29. The summed E-state index contributed by atoms with van der Waals surface area (Å²) in [5, 5.41) is 0. The minimum atomic E-state index is 0.574. The van der Waals surface area contributed by atoms with Gasteiger partial charge in [-0.15, -0.1) is 0 Å². The monoisotopic (exact) mass is 264 g/mol. The van der Waals surface area contributed by atoms with Crippen LogP contribution in [0, 0.1) is 11.8 Å². The molecule has 1 fully saturated rings. The minimum Gasteiger partial charge on any atom is -0.0625 e. The second kappa shape index (κ2) is 6.26. The minimum absolute atomic E-state index is 0.574. The predicted molar refractivity (Wildman–Crippen MR) is 85.8 cm³/mol. The molecule has 0 aromatic heterocycles. The van der Waals surface area contributed by atoms with Gasteiger partial charge in [0, 0.05) is 5.92 Å². The van der Waals surface area contributed by atoms with Crippen molar-refractivity contribution in [3.63, 3.8) is 0 Å². The zero-order valence-electron chi connectivity index (χ0n) is 12.3. The van der Waals surface area contributed by atoms with E-state index in [2.05, 4.69) is 67.6 Å². The van der Waals surface area contributed by atoms with Gasteiger partial charge in [-0.3, -0.25) is 0 Å². The first-order chi connectivity index (χ1) is 9.84. The van der Waals surface area contributed by atoms with Crippen molar-refractivity contribution in [3.05, 3.63) is 71.8 Å².